The maximum absolute atomic E-state index is 13.5. The number of hydrogen-bond donors (Lipinski definition) is 1. The molecule has 0 saturated carbocycles. The molecule has 3 aliphatic rings. The standard InChI is InChI=1S/C25H23N3O4S2/c1-15-7-2-4-10-18(15)26-20(29)14-27-19-11-5-3-9-17(19)21(23(27)30)22-24(31)28(25(33)34-22)13-16-8-6-12-32-16/h2-5,7,9-11,16H,6,8,12-14H2,1H3,(H,26,29)/b22-21-/t16-/m0/s1. The minimum absolute atomic E-state index is 0.0416. The third kappa shape index (κ3) is 4.15. The van der Waals surface area contributed by atoms with Crippen molar-refractivity contribution in [3.8, 4) is 0 Å². The Morgan fingerprint density at radius 2 is 1.88 bits per heavy atom. The molecule has 2 aromatic carbocycles. The molecule has 0 bridgehead atoms. The molecule has 0 aromatic heterocycles. The van der Waals surface area contributed by atoms with Gasteiger partial charge in [0, 0.05) is 17.9 Å². The Hall–Kier alpha value is -3.01. The first-order valence-corrected chi connectivity index (χ1v) is 12.3. The first-order chi connectivity index (χ1) is 16.4. The summed E-state index contributed by atoms with van der Waals surface area (Å²) in [7, 11) is 0. The summed E-state index contributed by atoms with van der Waals surface area (Å²) in [4.78, 5) is 42.9. The molecule has 2 saturated heterocycles. The van der Waals surface area contributed by atoms with Crippen LogP contribution in [-0.4, -0.2) is 52.7 Å². The predicted molar refractivity (Wildman–Crippen MR) is 136 cm³/mol. The molecule has 3 aliphatic heterocycles. The molecule has 0 spiro atoms. The maximum atomic E-state index is 13.5. The highest BCUT2D eigenvalue weighted by Gasteiger charge is 2.43. The van der Waals surface area contributed by atoms with Crippen LogP contribution in [0.25, 0.3) is 5.57 Å². The first-order valence-electron chi connectivity index (χ1n) is 11.1. The van der Waals surface area contributed by atoms with Crippen molar-refractivity contribution < 1.29 is 19.1 Å². The monoisotopic (exact) mass is 493 g/mol. The summed E-state index contributed by atoms with van der Waals surface area (Å²) in [5.41, 5.74) is 3.16. The number of nitrogens with one attached hydrogen (secondary N) is 1. The molecule has 1 atom stereocenters. The number of thiocarbonyl (C=S) groups is 1. The van der Waals surface area contributed by atoms with Gasteiger partial charge >= 0.3 is 0 Å². The lowest BCUT2D eigenvalue weighted by Gasteiger charge is -2.18. The van der Waals surface area contributed by atoms with Gasteiger partial charge in [0.1, 0.15) is 10.9 Å². The third-order valence-electron chi connectivity index (χ3n) is 6.13. The molecular formula is C25H23N3O4S2. The van der Waals surface area contributed by atoms with Gasteiger partial charge in [-0.05, 0) is 37.5 Å². The lowest BCUT2D eigenvalue weighted by Crippen LogP contribution is -2.36. The molecule has 34 heavy (non-hydrogen) atoms. The molecule has 9 heteroatoms. The summed E-state index contributed by atoms with van der Waals surface area (Å²) < 4.78 is 6.09. The van der Waals surface area contributed by atoms with Gasteiger partial charge < -0.3 is 10.1 Å². The first kappa shape index (κ1) is 22.8. The van der Waals surface area contributed by atoms with Crippen LogP contribution in [0.5, 0.6) is 0 Å². The molecule has 3 heterocycles. The van der Waals surface area contributed by atoms with E-state index in [4.69, 9.17) is 17.0 Å². The van der Waals surface area contributed by atoms with E-state index in [1.807, 2.05) is 43.3 Å². The van der Waals surface area contributed by atoms with Crippen LogP contribution in [0.4, 0.5) is 11.4 Å². The summed E-state index contributed by atoms with van der Waals surface area (Å²) in [6.45, 7) is 2.82. The second-order valence-electron chi connectivity index (χ2n) is 8.39. The Morgan fingerprint density at radius 3 is 2.65 bits per heavy atom. The fourth-order valence-electron chi connectivity index (χ4n) is 4.40. The highest BCUT2D eigenvalue weighted by atomic mass is 32.2. The van der Waals surface area contributed by atoms with E-state index in [2.05, 4.69) is 5.32 Å². The van der Waals surface area contributed by atoms with Crippen LogP contribution >= 0.6 is 24.0 Å². The number of para-hydroxylation sites is 2. The fourth-order valence-corrected chi connectivity index (χ4v) is 5.75. The average Bonchev–Trinajstić information content (AvgIpc) is 3.50. The smallest absolute Gasteiger partial charge is 0.267 e. The number of amides is 3. The molecule has 5 rings (SSSR count). The highest BCUT2D eigenvalue weighted by Crippen LogP contribution is 2.44. The molecule has 0 unspecified atom stereocenters. The average molecular weight is 494 g/mol. The third-order valence-corrected chi connectivity index (χ3v) is 7.58. The number of carbonyl (C=O) groups is 3. The number of aryl methyl sites for hydroxylation is 1. The van der Waals surface area contributed by atoms with E-state index in [0.29, 0.717) is 44.9 Å². The Balaban J connectivity index is 1.42. The predicted octanol–water partition coefficient (Wildman–Crippen LogP) is 3.73. The second-order valence-corrected chi connectivity index (χ2v) is 10.0. The van der Waals surface area contributed by atoms with Gasteiger partial charge in [-0.25, -0.2) is 0 Å². The number of hydrogen-bond acceptors (Lipinski definition) is 6. The van der Waals surface area contributed by atoms with Crippen molar-refractivity contribution in [3.05, 3.63) is 64.6 Å². The van der Waals surface area contributed by atoms with Crippen LogP contribution in [0.3, 0.4) is 0 Å². The maximum Gasteiger partial charge on any atom is 0.267 e. The Kier molecular flexibility index (Phi) is 6.24. The van der Waals surface area contributed by atoms with E-state index >= 15 is 0 Å². The second kappa shape index (κ2) is 9.32. The van der Waals surface area contributed by atoms with Crippen molar-refractivity contribution in [2.75, 3.05) is 29.9 Å². The fraction of sp³-hybridized carbons (Fsp3) is 0.280. The van der Waals surface area contributed by atoms with Crippen LogP contribution < -0.4 is 10.2 Å². The van der Waals surface area contributed by atoms with Gasteiger partial charge in [-0.15, -0.1) is 0 Å². The SMILES string of the molecule is Cc1ccccc1NC(=O)CN1C(=O)/C(=C2\SC(=S)N(C[C@@H]3CCCO3)C2=O)c2ccccc21. The molecule has 1 N–H and O–H groups in total. The minimum Gasteiger partial charge on any atom is -0.376 e. The number of ether oxygens (including phenoxy) is 1. The lowest BCUT2D eigenvalue weighted by molar-refractivity contribution is -0.123. The van der Waals surface area contributed by atoms with Crippen LogP contribution in [0.1, 0.15) is 24.0 Å². The van der Waals surface area contributed by atoms with Crippen molar-refractivity contribution in [3.63, 3.8) is 0 Å². The summed E-state index contributed by atoms with van der Waals surface area (Å²) in [6.07, 6.45) is 1.81. The van der Waals surface area contributed by atoms with E-state index in [0.717, 1.165) is 30.2 Å². The van der Waals surface area contributed by atoms with Crippen molar-refractivity contribution in [1.82, 2.24) is 4.90 Å². The van der Waals surface area contributed by atoms with Gasteiger partial charge in [-0.2, -0.15) is 0 Å². The molecule has 7 nitrogen and oxygen atoms in total. The number of anilines is 2. The molecule has 0 aliphatic carbocycles. The molecule has 0 radical (unpaired) electrons. The molecular weight excluding hydrogens is 470 g/mol. The van der Waals surface area contributed by atoms with Crippen molar-refractivity contribution in [2.45, 2.75) is 25.9 Å². The number of benzene rings is 2. The van der Waals surface area contributed by atoms with Gasteiger partial charge in [-0.3, -0.25) is 24.2 Å². The molecule has 3 amide bonds. The number of nitrogens with zero attached hydrogens (tertiary/aromatic N) is 2. The molecule has 174 valence electrons. The molecule has 2 aromatic rings. The van der Waals surface area contributed by atoms with Crippen molar-refractivity contribution >= 4 is 63.0 Å². The Bertz CT molecular complexity index is 1240. The zero-order chi connectivity index (χ0) is 23.8. The van der Waals surface area contributed by atoms with Gasteiger partial charge in [0.15, 0.2) is 0 Å². The summed E-state index contributed by atoms with van der Waals surface area (Å²) in [5.74, 6) is -0.974. The number of thioether (sulfide) groups is 1. The zero-order valence-corrected chi connectivity index (χ0v) is 20.2. The lowest BCUT2D eigenvalue weighted by atomic mass is 10.1. The summed E-state index contributed by atoms with van der Waals surface area (Å²) in [5, 5.41) is 2.87. The van der Waals surface area contributed by atoms with E-state index in [-0.39, 0.29) is 30.4 Å². The van der Waals surface area contributed by atoms with E-state index in [1.54, 1.807) is 12.1 Å². The minimum atomic E-state index is -0.376. The van der Waals surface area contributed by atoms with Crippen molar-refractivity contribution in [1.29, 1.82) is 0 Å². The highest BCUT2D eigenvalue weighted by molar-refractivity contribution is 8.26. The van der Waals surface area contributed by atoms with Crippen LogP contribution in [-0.2, 0) is 19.1 Å². The Labute approximate surface area is 207 Å². The van der Waals surface area contributed by atoms with E-state index in [9.17, 15) is 14.4 Å². The molecule has 2 fully saturated rings. The van der Waals surface area contributed by atoms with E-state index < -0.39 is 0 Å². The normalized spacial score (nSPS) is 22.0. The van der Waals surface area contributed by atoms with Gasteiger partial charge in [0.05, 0.1) is 28.8 Å². The van der Waals surface area contributed by atoms with Crippen LogP contribution in [0.2, 0.25) is 0 Å². The van der Waals surface area contributed by atoms with Crippen LogP contribution in [0.15, 0.2) is 53.4 Å². The quantitative estimate of drug-likeness (QED) is 0.505. The van der Waals surface area contributed by atoms with Crippen molar-refractivity contribution in [2.24, 2.45) is 0 Å². The zero-order valence-electron chi connectivity index (χ0n) is 18.6. The largest absolute Gasteiger partial charge is 0.376 e. The summed E-state index contributed by atoms with van der Waals surface area (Å²) in [6, 6.07) is 14.7. The van der Waals surface area contributed by atoms with Gasteiger partial charge in [-0.1, -0.05) is 60.4 Å². The number of fused-ring (bicyclic) bond motifs is 1. The Morgan fingerprint density at radius 1 is 1.12 bits per heavy atom. The topological polar surface area (TPSA) is 79.0 Å². The summed E-state index contributed by atoms with van der Waals surface area (Å²) >= 11 is 6.61. The van der Waals surface area contributed by atoms with Crippen LogP contribution in [0, 0.1) is 6.92 Å². The van der Waals surface area contributed by atoms with Gasteiger partial charge in [0.25, 0.3) is 11.8 Å². The van der Waals surface area contributed by atoms with E-state index in [1.165, 1.54) is 9.80 Å². The number of rotatable bonds is 5. The number of carbonyl (C=O) groups excluding carboxylic acids is 3. The van der Waals surface area contributed by atoms with Gasteiger partial charge in [0.2, 0.25) is 5.91 Å².